The molecule has 184 valence electrons. The number of benzene rings is 3. The Kier molecular flexibility index (Phi) is 7.66. The van der Waals surface area contributed by atoms with Gasteiger partial charge in [-0.3, -0.25) is 14.3 Å². The summed E-state index contributed by atoms with van der Waals surface area (Å²) in [6.45, 7) is 1.41. The number of thioether (sulfide) groups is 1. The van der Waals surface area contributed by atoms with Gasteiger partial charge in [-0.05, 0) is 54.6 Å². The van der Waals surface area contributed by atoms with Crippen LogP contribution in [0.4, 0.5) is 17.1 Å². The summed E-state index contributed by atoms with van der Waals surface area (Å²) in [7, 11) is -3.69. The standard InChI is InChI=1S/C24H21N5O5S2/c1-16(30)25-19-6-5-7-20(14-19)26-22(31)15-35-24-28-27-23(34-24)17-10-12-18(13-11-17)29-36(32,33)21-8-3-2-4-9-21/h2-14,29H,15H2,1H3,(H,25,30)(H,26,31). The van der Waals surface area contributed by atoms with Gasteiger partial charge in [0.05, 0.1) is 10.6 Å². The van der Waals surface area contributed by atoms with Crippen LogP contribution >= 0.6 is 11.8 Å². The predicted octanol–water partition coefficient (Wildman–Crippen LogP) is 4.23. The van der Waals surface area contributed by atoms with Crippen LogP contribution in [0.2, 0.25) is 0 Å². The van der Waals surface area contributed by atoms with Crippen LogP contribution in [-0.2, 0) is 19.6 Å². The highest BCUT2D eigenvalue weighted by Crippen LogP contribution is 2.25. The molecule has 0 aliphatic carbocycles. The highest BCUT2D eigenvalue weighted by Gasteiger charge is 2.15. The molecule has 0 saturated heterocycles. The average molecular weight is 524 g/mol. The molecule has 0 fully saturated rings. The van der Waals surface area contributed by atoms with Crippen LogP contribution in [0.15, 0.2) is 93.4 Å². The predicted molar refractivity (Wildman–Crippen MR) is 137 cm³/mol. The van der Waals surface area contributed by atoms with Gasteiger partial charge in [-0.25, -0.2) is 8.42 Å². The van der Waals surface area contributed by atoms with Crippen LogP contribution in [0.5, 0.6) is 0 Å². The second kappa shape index (κ2) is 11.1. The topological polar surface area (TPSA) is 143 Å². The quantitative estimate of drug-likeness (QED) is 0.277. The molecular formula is C24H21N5O5S2. The van der Waals surface area contributed by atoms with Crippen LogP contribution in [0, 0.1) is 0 Å². The fourth-order valence-electron chi connectivity index (χ4n) is 3.08. The van der Waals surface area contributed by atoms with E-state index in [0.717, 1.165) is 11.8 Å². The highest BCUT2D eigenvalue weighted by molar-refractivity contribution is 7.99. The Morgan fingerprint density at radius 1 is 0.861 bits per heavy atom. The first-order chi connectivity index (χ1) is 17.3. The Hall–Kier alpha value is -4.16. The van der Waals surface area contributed by atoms with Gasteiger partial charge < -0.3 is 15.1 Å². The molecule has 36 heavy (non-hydrogen) atoms. The number of anilines is 3. The normalized spacial score (nSPS) is 11.0. The minimum Gasteiger partial charge on any atom is -0.411 e. The minimum atomic E-state index is -3.69. The van der Waals surface area contributed by atoms with Crippen molar-refractivity contribution in [3.63, 3.8) is 0 Å². The van der Waals surface area contributed by atoms with E-state index >= 15 is 0 Å². The Morgan fingerprint density at radius 2 is 1.56 bits per heavy atom. The number of amides is 2. The molecule has 0 atom stereocenters. The summed E-state index contributed by atoms with van der Waals surface area (Å²) in [4.78, 5) is 23.6. The van der Waals surface area contributed by atoms with Crippen molar-refractivity contribution in [1.82, 2.24) is 10.2 Å². The summed E-state index contributed by atoms with van der Waals surface area (Å²) in [6.07, 6.45) is 0. The Bertz CT molecular complexity index is 1470. The van der Waals surface area contributed by atoms with E-state index in [1.165, 1.54) is 19.1 Å². The van der Waals surface area contributed by atoms with E-state index in [1.54, 1.807) is 66.7 Å². The molecule has 0 unspecified atom stereocenters. The van der Waals surface area contributed by atoms with Crippen molar-refractivity contribution in [3.05, 3.63) is 78.9 Å². The molecule has 0 bridgehead atoms. The average Bonchev–Trinajstić information content (AvgIpc) is 3.32. The van der Waals surface area contributed by atoms with Crippen molar-refractivity contribution in [1.29, 1.82) is 0 Å². The molecule has 2 amide bonds. The summed E-state index contributed by atoms with van der Waals surface area (Å²) in [5.74, 6) is -0.218. The number of hydrogen-bond donors (Lipinski definition) is 3. The summed E-state index contributed by atoms with van der Waals surface area (Å²) in [5.41, 5.74) is 2.10. The Labute approximate surface area is 211 Å². The van der Waals surface area contributed by atoms with Crippen molar-refractivity contribution < 1.29 is 22.4 Å². The van der Waals surface area contributed by atoms with Crippen molar-refractivity contribution >= 4 is 50.7 Å². The van der Waals surface area contributed by atoms with Crippen molar-refractivity contribution in [2.24, 2.45) is 0 Å². The SMILES string of the molecule is CC(=O)Nc1cccc(NC(=O)CSc2nnc(-c3ccc(NS(=O)(=O)c4ccccc4)cc3)o2)c1. The van der Waals surface area contributed by atoms with E-state index in [2.05, 4.69) is 25.6 Å². The van der Waals surface area contributed by atoms with Crippen molar-refractivity contribution in [2.45, 2.75) is 17.0 Å². The zero-order valence-electron chi connectivity index (χ0n) is 19.0. The van der Waals surface area contributed by atoms with Crippen LogP contribution < -0.4 is 15.4 Å². The van der Waals surface area contributed by atoms with Gasteiger partial charge in [0.1, 0.15) is 0 Å². The Balaban J connectivity index is 1.32. The lowest BCUT2D eigenvalue weighted by molar-refractivity contribution is -0.114. The molecular weight excluding hydrogens is 502 g/mol. The zero-order valence-corrected chi connectivity index (χ0v) is 20.6. The van der Waals surface area contributed by atoms with Gasteiger partial charge in [0.15, 0.2) is 0 Å². The van der Waals surface area contributed by atoms with Gasteiger partial charge in [0, 0.05) is 29.5 Å². The van der Waals surface area contributed by atoms with Gasteiger partial charge in [-0.2, -0.15) is 0 Å². The zero-order chi connectivity index (χ0) is 25.5. The molecule has 3 aromatic carbocycles. The smallest absolute Gasteiger partial charge is 0.277 e. The van der Waals surface area contributed by atoms with Gasteiger partial charge in [0.25, 0.3) is 15.2 Å². The molecule has 4 aromatic rings. The first-order valence-electron chi connectivity index (χ1n) is 10.6. The summed E-state index contributed by atoms with van der Waals surface area (Å²) >= 11 is 1.07. The number of carbonyl (C=O) groups excluding carboxylic acids is 2. The number of carbonyl (C=O) groups is 2. The second-order valence-electron chi connectivity index (χ2n) is 7.47. The van der Waals surface area contributed by atoms with Crippen molar-refractivity contribution in [2.75, 3.05) is 21.1 Å². The monoisotopic (exact) mass is 523 g/mol. The molecule has 0 spiro atoms. The lowest BCUT2D eigenvalue weighted by Crippen LogP contribution is -2.14. The molecule has 1 aromatic heterocycles. The van der Waals surface area contributed by atoms with Crippen molar-refractivity contribution in [3.8, 4) is 11.5 Å². The van der Waals surface area contributed by atoms with E-state index < -0.39 is 10.0 Å². The maximum Gasteiger partial charge on any atom is 0.277 e. The van der Waals surface area contributed by atoms with E-state index in [4.69, 9.17) is 4.42 Å². The van der Waals surface area contributed by atoms with E-state index in [1.807, 2.05) is 0 Å². The number of nitrogens with one attached hydrogen (secondary N) is 3. The number of hydrogen-bond acceptors (Lipinski definition) is 8. The van der Waals surface area contributed by atoms with Gasteiger partial charge in [-0.1, -0.05) is 36.0 Å². The molecule has 0 aliphatic heterocycles. The molecule has 4 rings (SSSR count). The van der Waals surface area contributed by atoms with Crippen LogP contribution in [0.3, 0.4) is 0 Å². The number of nitrogens with zero attached hydrogens (tertiary/aromatic N) is 2. The molecule has 1 heterocycles. The summed E-state index contributed by atoms with van der Waals surface area (Å²) in [6, 6.07) is 21.4. The van der Waals surface area contributed by atoms with Crippen LogP contribution in [0.1, 0.15) is 6.92 Å². The number of sulfonamides is 1. The first-order valence-corrected chi connectivity index (χ1v) is 13.1. The molecule has 0 saturated carbocycles. The third-order valence-electron chi connectivity index (χ3n) is 4.64. The van der Waals surface area contributed by atoms with Crippen LogP contribution in [-0.4, -0.2) is 36.2 Å². The van der Waals surface area contributed by atoms with Gasteiger partial charge in [-0.15, -0.1) is 10.2 Å². The van der Waals surface area contributed by atoms with E-state index in [-0.39, 0.29) is 33.6 Å². The molecule has 0 aliphatic rings. The lowest BCUT2D eigenvalue weighted by atomic mass is 10.2. The van der Waals surface area contributed by atoms with Crippen LogP contribution in [0.25, 0.3) is 11.5 Å². The number of rotatable bonds is 9. The number of aromatic nitrogens is 2. The van der Waals surface area contributed by atoms with E-state index in [9.17, 15) is 18.0 Å². The highest BCUT2D eigenvalue weighted by atomic mass is 32.2. The third-order valence-corrected chi connectivity index (χ3v) is 6.85. The fourth-order valence-corrected chi connectivity index (χ4v) is 4.72. The minimum absolute atomic E-state index is 0.0339. The lowest BCUT2D eigenvalue weighted by Gasteiger charge is -2.08. The second-order valence-corrected chi connectivity index (χ2v) is 10.1. The van der Waals surface area contributed by atoms with Gasteiger partial charge in [0.2, 0.25) is 17.7 Å². The molecule has 10 nitrogen and oxygen atoms in total. The maximum atomic E-state index is 12.5. The third kappa shape index (κ3) is 6.71. The molecule has 3 N–H and O–H groups in total. The first kappa shape index (κ1) is 24.9. The van der Waals surface area contributed by atoms with Gasteiger partial charge >= 0.3 is 0 Å². The maximum absolute atomic E-state index is 12.5. The largest absolute Gasteiger partial charge is 0.411 e. The molecule has 0 radical (unpaired) electrons. The summed E-state index contributed by atoms with van der Waals surface area (Å²) < 4.78 is 33.1. The fraction of sp³-hybridized carbons (Fsp3) is 0.0833. The van der Waals surface area contributed by atoms with E-state index in [0.29, 0.717) is 22.6 Å². The summed E-state index contributed by atoms with van der Waals surface area (Å²) in [5, 5.41) is 13.5. The Morgan fingerprint density at radius 3 is 2.25 bits per heavy atom. The molecule has 12 heteroatoms.